The molecule has 0 aromatic heterocycles. The summed E-state index contributed by atoms with van der Waals surface area (Å²) in [6.07, 6.45) is 1.55. The first kappa shape index (κ1) is 15.4. The van der Waals surface area contributed by atoms with Crippen LogP contribution in [-0.2, 0) is 0 Å². The van der Waals surface area contributed by atoms with Gasteiger partial charge in [0.05, 0.1) is 24.1 Å². The number of hydrogen-bond acceptors (Lipinski definition) is 5. The maximum Gasteiger partial charge on any atom is 0.335 e. The Kier molecular flexibility index (Phi) is 4.98. The fourth-order valence-corrected chi connectivity index (χ4v) is 1.74. The van der Waals surface area contributed by atoms with Crippen molar-refractivity contribution in [3.63, 3.8) is 0 Å². The van der Waals surface area contributed by atoms with Gasteiger partial charge in [-0.1, -0.05) is 17.9 Å². The zero-order valence-corrected chi connectivity index (χ0v) is 11.9. The average Bonchev–Trinajstić information content (AvgIpc) is 2.51. The molecule has 6 heteroatoms. The third-order valence-electron chi connectivity index (χ3n) is 2.81. The molecule has 2 aromatic carbocycles. The topological polar surface area (TPSA) is 94.0 Å². The number of carbonyl (C=O) groups is 1. The number of hydrogen-bond donors (Lipinski definition) is 2. The van der Waals surface area contributed by atoms with Gasteiger partial charge >= 0.3 is 5.97 Å². The van der Waals surface area contributed by atoms with Crippen LogP contribution in [0.4, 0.5) is 5.69 Å². The smallest absolute Gasteiger partial charge is 0.335 e. The molecule has 2 rings (SSSR count). The van der Waals surface area contributed by atoms with Gasteiger partial charge in [-0.2, -0.15) is 5.10 Å². The highest BCUT2D eigenvalue weighted by atomic mass is 16.5. The lowest BCUT2D eigenvalue weighted by Gasteiger charge is -2.13. The van der Waals surface area contributed by atoms with Gasteiger partial charge in [0.25, 0.3) is 0 Å². The molecule has 0 aliphatic heterocycles. The summed E-state index contributed by atoms with van der Waals surface area (Å²) in [5.41, 5.74) is 4.37. The quantitative estimate of drug-likeness (QED) is 0.630. The Bertz CT molecular complexity index is 681. The van der Waals surface area contributed by atoms with Crippen molar-refractivity contribution in [2.24, 2.45) is 5.10 Å². The highest BCUT2D eigenvalue weighted by Crippen LogP contribution is 2.23. The van der Waals surface area contributed by atoms with Crippen LogP contribution in [0.3, 0.4) is 0 Å². The minimum absolute atomic E-state index is 0.170. The van der Waals surface area contributed by atoms with Crippen LogP contribution < -0.4 is 15.3 Å². The van der Waals surface area contributed by atoms with Crippen LogP contribution in [0, 0.1) is 0 Å². The highest BCUT2D eigenvalue weighted by molar-refractivity contribution is 5.88. The van der Waals surface area contributed by atoms with Crippen molar-refractivity contribution < 1.29 is 19.7 Å². The van der Waals surface area contributed by atoms with Gasteiger partial charge in [-0.15, -0.1) is 0 Å². The van der Waals surface area contributed by atoms with Gasteiger partial charge in [0, 0.05) is 0 Å². The molecule has 0 saturated carbocycles. The molecule has 0 heterocycles. The molecule has 0 amide bonds. The van der Waals surface area contributed by atoms with Crippen molar-refractivity contribution >= 4 is 17.9 Å². The lowest BCUT2D eigenvalue weighted by Crippen LogP contribution is -2.00. The number of nitrogens with one attached hydrogen (secondary N) is 1. The van der Waals surface area contributed by atoms with E-state index in [1.165, 1.54) is 18.2 Å². The number of aromatic carboxylic acids is 1. The Labute approximate surface area is 127 Å². The van der Waals surface area contributed by atoms with E-state index in [4.69, 9.17) is 9.84 Å². The Morgan fingerprint density at radius 3 is 2.68 bits per heavy atom. The van der Waals surface area contributed by atoms with E-state index in [0.717, 1.165) is 5.56 Å². The van der Waals surface area contributed by atoms with Crippen molar-refractivity contribution in [1.82, 2.24) is 0 Å². The van der Waals surface area contributed by atoms with Crippen LogP contribution in [0.5, 0.6) is 11.5 Å². The van der Waals surface area contributed by atoms with Crippen LogP contribution in [-0.4, -0.2) is 23.9 Å². The predicted molar refractivity (Wildman–Crippen MR) is 81.7 cm³/mol. The first-order chi connectivity index (χ1) is 10.6. The average molecular weight is 299 g/mol. The molecule has 0 aliphatic carbocycles. The van der Waals surface area contributed by atoms with E-state index in [1.807, 2.05) is 6.92 Å². The number of ether oxygens (including phenoxy) is 1. The summed E-state index contributed by atoms with van der Waals surface area (Å²) in [6.45, 7) is 2.23. The van der Waals surface area contributed by atoms with Crippen LogP contribution in [0.1, 0.15) is 22.8 Å². The number of benzene rings is 2. The van der Waals surface area contributed by atoms with E-state index in [9.17, 15) is 9.90 Å². The predicted octanol–water partition coefficient (Wildman–Crippen LogP) is 2.30. The van der Waals surface area contributed by atoms with Gasteiger partial charge < -0.3 is 14.9 Å². The second-order valence-corrected chi connectivity index (χ2v) is 4.39. The lowest BCUT2D eigenvalue weighted by atomic mass is 10.2. The lowest BCUT2D eigenvalue weighted by molar-refractivity contribution is -0.270. The molecule has 6 nitrogen and oxygen atoms in total. The van der Waals surface area contributed by atoms with Crippen LogP contribution in [0.25, 0.3) is 0 Å². The SMILES string of the molecule is CCOc1cc(/C=N/Nc2ccc(C(=O)O)cc2)ccc1[O-]. The van der Waals surface area contributed by atoms with Crippen molar-refractivity contribution in [2.75, 3.05) is 12.0 Å². The molecule has 0 aliphatic rings. The molecular formula is C16H15N2O4-. The van der Waals surface area contributed by atoms with Crippen molar-refractivity contribution in [3.05, 3.63) is 53.6 Å². The molecule has 114 valence electrons. The summed E-state index contributed by atoms with van der Waals surface area (Å²) >= 11 is 0. The minimum atomic E-state index is -0.976. The zero-order chi connectivity index (χ0) is 15.9. The maximum absolute atomic E-state index is 11.5. The van der Waals surface area contributed by atoms with E-state index < -0.39 is 5.97 Å². The van der Waals surface area contributed by atoms with Gasteiger partial charge in [-0.25, -0.2) is 4.79 Å². The Morgan fingerprint density at radius 2 is 2.05 bits per heavy atom. The summed E-state index contributed by atoms with van der Waals surface area (Å²) in [5, 5.41) is 24.4. The fraction of sp³-hybridized carbons (Fsp3) is 0.125. The maximum atomic E-state index is 11.5. The Balaban J connectivity index is 2.03. The highest BCUT2D eigenvalue weighted by Gasteiger charge is 2.00. The van der Waals surface area contributed by atoms with Crippen molar-refractivity contribution in [2.45, 2.75) is 6.92 Å². The zero-order valence-electron chi connectivity index (χ0n) is 11.9. The number of carboxylic acid groups (broad SMARTS) is 1. The number of anilines is 1. The standard InChI is InChI=1S/C16H16N2O4/c1-2-22-15-9-11(3-8-14(15)19)10-17-18-13-6-4-12(5-7-13)16(20)21/h3-10,18-19H,2H2,1H3,(H,20,21)/p-1/b17-10+. The van der Waals surface area contributed by atoms with E-state index >= 15 is 0 Å². The molecule has 0 bridgehead atoms. The first-order valence-corrected chi connectivity index (χ1v) is 6.66. The number of rotatable bonds is 6. The van der Waals surface area contributed by atoms with Crippen LogP contribution >= 0.6 is 0 Å². The largest absolute Gasteiger partial charge is 0.870 e. The Morgan fingerprint density at radius 1 is 1.32 bits per heavy atom. The summed E-state index contributed by atoms with van der Waals surface area (Å²) in [7, 11) is 0. The number of hydrazone groups is 1. The molecule has 0 atom stereocenters. The number of carboxylic acids is 1. The summed E-state index contributed by atoms with van der Waals surface area (Å²) in [6, 6.07) is 10.9. The van der Waals surface area contributed by atoms with Gasteiger partial charge in [-0.05, 0) is 42.8 Å². The molecule has 0 radical (unpaired) electrons. The van der Waals surface area contributed by atoms with E-state index in [0.29, 0.717) is 12.3 Å². The third kappa shape index (κ3) is 3.99. The molecule has 0 spiro atoms. The molecule has 2 N–H and O–H groups in total. The van der Waals surface area contributed by atoms with Gasteiger partial charge in [0.1, 0.15) is 5.75 Å². The van der Waals surface area contributed by atoms with Crippen LogP contribution in [0.2, 0.25) is 0 Å². The molecule has 0 fully saturated rings. The molecule has 22 heavy (non-hydrogen) atoms. The van der Waals surface area contributed by atoms with E-state index in [2.05, 4.69) is 10.5 Å². The van der Waals surface area contributed by atoms with Gasteiger partial charge in [0.15, 0.2) is 0 Å². The summed E-state index contributed by atoms with van der Waals surface area (Å²) in [4.78, 5) is 10.7. The molecule has 2 aromatic rings. The van der Waals surface area contributed by atoms with E-state index in [-0.39, 0.29) is 17.1 Å². The first-order valence-electron chi connectivity index (χ1n) is 6.66. The fourth-order valence-electron chi connectivity index (χ4n) is 1.74. The second-order valence-electron chi connectivity index (χ2n) is 4.39. The summed E-state index contributed by atoms with van der Waals surface area (Å²) < 4.78 is 5.23. The third-order valence-corrected chi connectivity index (χ3v) is 2.81. The van der Waals surface area contributed by atoms with Crippen molar-refractivity contribution in [1.29, 1.82) is 0 Å². The minimum Gasteiger partial charge on any atom is -0.870 e. The Hall–Kier alpha value is -3.02. The second kappa shape index (κ2) is 7.12. The van der Waals surface area contributed by atoms with E-state index in [1.54, 1.807) is 30.5 Å². The monoisotopic (exact) mass is 299 g/mol. The normalized spacial score (nSPS) is 10.6. The molecule has 0 saturated heterocycles. The molecular weight excluding hydrogens is 284 g/mol. The number of nitrogens with zero attached hydrogens (tertiary/aromatic N) is 1. The van der Waals surface area contributed by atoms with Gasteiger partial charge in [-0.3, -0.25) is 5.43 Å². The van der Waals surface area contributed by atoms with Crippen LogP contribution in [0.15, 0.2) is 47.6 Å². The molecule has 0 unspecified atom stereocenters. The van der Waals surface area contributed by atoms with Gasteiger partial charge in [0.2, 0.25) is 0 Å². The van der Waals surface area contributed by atoms with Crippen molar-refractivity contribution in [3.8, 4) is 11.5 Å². The summed E-state index contributed by atoms with van der Waals surface area (Å²) in [5.74, 6) is -0.857.